The fourth-order valence-corrected chi connectivity index (χ4v) is 5.64. The number of carboxylic acids is 1. The van der Waals surface area contributed by atoms with Gasteiger partial charge in [-0.25, -0.2) is 9.59 Å². The van der Waals surface area contributed by atoms with Crippen molar-refractivity contribution >= 4 is 34.7 Å². The third kappa shape index (κ3) is 4.72. The van der Waals surface area contributed by atoms with E-state index < -0.39 is 18.1 Å². The molecule has 0 saturated heterocycles. The summed E-state index contributed by atoms with van der Waals surface area (Å²) < 4.78 is 5.50. The maximum absolute atomic E-state index is 12.5. The molecule has 1 amide bonds. The van der Waals surface area contributed by atoms with Crippen LogP contribution in [0.3, 0.4) is 0 Å². The van der Waals surface area contributed by atoms with Gasteiger partial charge in [-0.15, -0.1) is 0 Å². The van der Waals surface area contributed by atoms with Crippen molar-refractivity contribution in [2.45, 2.75) is 17.7 Å². The van der Waals surface area contributed by atoms with Crippen LogP contribution in [0.1, 0.15) is 22.6 Å². The Bertz CT molecular complexity index is 1400. The maximum Gasteiger partial charge on any atom is 0.407 e. The number of nitrogens with one attached hydrogen (secondary N) is 1. The number of benzene rings is 3. The normalized spacial score (nSPS) is 13.1. The van der Waals surface area contributed by atoms with E-state index in [1.807, 2.05) is 42.5 Å². The number of aliphatic carboxylic acids is 1. The van der Waals surface area contributed by atoms with Gasteiger partial charge >= 0.3 is 12.1 Å². The van der Waals surface area contributed by atoms with Crippen molar-refractivity contribution in [3.63, 3.8) is 0 Å². The summed E-state index contributed by atoms with van der Waals surface area (Å²) in [5.41, 5.74) is 5.85. The molecule has 8 heteroatoms. The smallest absolute Gasteiger partial charge is 0.407 e. The molecule has 1 aliphatic carbocycles. The predicted octanol–water partition coefficient (Wildman–Crippen LogP) is 5.17. The number of hydrogen-bond acceptors (Lipinski definition) is 6. The van der Waals surface area contributed by atoms with Crippen LogP contribution in [0.4, 0.5) is 4.79 Å². The Morgan fingerprint density at radius 3 is 2.36 bits per heavy atom. The molecular weight excluding hydrogens is 476 g/mol. The third-order valence-corrected chi connectivity index (χ3v) is 7.40. The lowest BCUT2D eigenvalue weighted by Gasteiger charge is -2.17. The molecule has 1 aliphatic rings. The Morgan fingerprint density at radius 2 is 1.67 bits per heavy atom. The highest BCUT2D eigenvalue weighted by Crippen LogP contribution is 2.44. The number of fused-ring (bicyclic) bond motifs is 4. The van der Waals surface area contributed by atoms with Gasteiger partial charge in [-0.2, -0.15) is 11.8 Å². The summed E-state index contributed by atoms with van der Waals surface area (Å²) in [6, 6.07) is 22.0. The molecule has 0 bridgehead atoms. The van der Waals surface area contributed by atoms with Crippen LogP contribution < -0.4 is 5.32 Å². The van der Waals surface area contributed by atoms with Gasteiger partial charge in [0.15, 0.2) is 0 Å². The van der Waals surface area contributed by atoms with Crippen LogP contribution in [0.25, 0.3) is 22.0 Å². The minimum Gasteiger partial charge on any atom is -0.506 e. The van der Waals surface area contributed by atoms with Crippen LogP contribution in [0.2, 0.25) is 0 Å². The minimum atomic E-state index is -1.13. The average Bonchev–Trinajstić information content (AvgIpc) is 3.22. The van der Waals surface area contributed by atoms with Crippen LogP contribution in [0.15, 0.2) is 79.0 Å². The zero-order valence-corrected chi connectivity index (χ0v) is 20.1. The second-order valence-electron chi connectivity index (χ2n) is 8.52. The van der Waals surface area contributed by atoms with Crippen molar-refractivity contribution in [3.8, 4) is 16.9 Å². The number of carbonyl (C=O) groups excluding carboxylic acids is 1. The van der Waals surface area contributed by atoms with E-state index in [2.05, 4.69) is 22.4 Å². The Balaban J connectivity index is 1.19. The molecule has 182 valence electrons. The van der Waals surface area contributed by atoms with E-state index in [9.17, 15) is 19.8 Å². The van der Waals surface area contributed by atoms with Crippen LogP contribution in [0, 0.1) is 0 Å². The Hall–Kier alpha value is -4.04. The van der Waals surface area contributed by atoms with E-state index in [-0.39, 0.29) is 24.0 Å². The van der Waals surface area contributed by atoms with Crippen molar-refractivity contribution < 1.29 is 24.5 Å². The van der Waals surface area contributed by atoms with Crippen molar-refractivity contribution in [2.75, 3.05) is 12.4 Å². The summed E-state index contributed by atoms with van der Waals surface area (Å²) in [6.07, 6.45) is 0.849. The standard InChI is InChI=1S/C28H24N2O5S/c31-25-12-11-17(18-10-5-13-29-26(18)25)15-36-16-24(27(32)33)30-28(34)35-14-23-21-8-3-1-6-19(21)20-7-2-4-9-22(20)23/h1-13,23-24,31H,14-16H2,(H,30,34)(H,32,33)/t24-/m0/s1. The van der Waals surface area contributed by atoms with Gasteiger partial charge in [0.1, 0.15) is 23.9 Å². The zero-order valence-electron chi connectivity index (χ0n) is 19.3. The summed E-state index contributed by atoms with van der Waals surface area (Å²) in [6.45, 7) is 0.117. The van der Waals surface area contributed by atoms with Crippen LogP contribution in [0.5, 0.6) is 5.75 Å². The molecule has 3 N–H and O–H groups in total. The lowest BCUT2D eigenvalue weighted by atomic mass is 9.98. The fraction of sp³-hybridized carbons (Fsp3) is 0.179. The first-order valence-electron chi connectivity index (χ1n) is 11.5. The number of amides is 1. The molecule has 1 heterocycles. The highest BCUT2D eigenvalue weighted by Gasteiger charge is 2.29. The second kappa shape index (κ2) is 10.3. The van der Waals surface area contributed by atoms with Crippen molar-refractivity contribution in [3.05, 3.63) is 95.7 Å². The minimum absolute atomic E-state index is 0.0969. The number of aromatic nitrogens is 1. The SMILES string of the molecule is O=C(N[C@@H](CSCc1ccc(O)c2ncccc12)C(=O)O)OCC1c2ccccc2-c2ccccc21. The number of phenolic OH excluding ortho intramolecular Hbond substituents is 1. The summed E-state index contributed by atoms with van der Waals surface area (Å²) >= 11 is 1.37. The molecule has 1 atom stereocenters. The second-order valence-corrected chi connectivity index (χ2v) is 9.55. The van der Waals surface area contributed by atoms with E-state index in [1.165, 1.54) is 11.8 Å². The molecule has 5 rings (SSSR count). The average molecular weight is 501 g/mol. The molecule has 1 aromatic heterocycles. The Morgan fingerprint density at radius 1 is 0.972 bits per heavy atom. The largest absolute Gasteiger partial charge is 0.506 e. The lowest BCUT2D eigenvalue weighted by molar-refractivity contribution is -0.138. The monoisotopic (exact) mass is 500 g/mol. The van der Waals surface area contributed by atoms with Gasteiger partial charge < -0.3 is 20.3 Å². The predicted molar refractivity (Wildman–Crippen MR) is 139 cm³/mol. The van der Waals surface area contributed by atoms with E-state index in [0.29, 0.717) is 11.3 Å². The molecule has 0 spiro atoms. The van der Waals surface area contributed by atoms with Crippen molar-refractivity contribution in [1.82, 2.24) is 10.3 Å². The van der Waals surface area contributed by atoms with Gasteiger partial charge in [-0.05, 0) is 39.9 Å². The molecule has 7 nitrogen and oxygen atoms in total. The van der Waals surface area contributed by atoms with Crippen LogP contribution >= 0.6 is 11.8 Å². The highest BCUT2D eigenvalue weighted by molar-refractivity contribution is 7.98. The number of carboxylic acid groups (broad SMARTS) is 1. The topological polar surface area (TPSA) is 109 Å². The van der Waals surface area contributed by atoms with E-state index in [4.69, 9.17) is 4.74 Å². The van der Waals surface area contributed by atoms with E-state index in [1.54, 1.807) is 24.4 Å². The zero-order chi connectivity index (χ0) is 25.1. The number of carbonyl (C=O) groups is 2. The number of ether oxygens (including phenoxy) is 1. The van der Waals surface area contributed by atoms with Crippen LogP contribution in [-0.2, 0) is 15.3 Å². The summed E-state index contributed by atoms with van der Waals surface area (Å²) in [5, 5.41) is 22.9. The molecule has 0 fully saturated rings. The number of aromatic hydroxyl groups is 1. The number of rotatable bonds is 8. The van der Waals surface area contributed by atoms with E-state index in [0.717, 1.165) is 33.2 Å². The lowest BCUT2D eigenvalue weighted by Crippen LogP contribution is -2.43. The first kappa shape index (κ1) is 23.7. The number of nitrogens with zero attached hydrogens (tertiary/aromatic N) is 1. The van der Waals surface area contributed by atoms with Crippen molar-refractivity contribution in [1.29, 1.82) is 0 Å². The summed E-state index contributed by atoms with van der Waals surface area (Å²) in [4.78, 5) is 28.5. The molecule has 0 saturated carbocycles. The quantitative estimate of drug-likeness (QED) is 0.306. The van der Waals surface area contributed by atoms with Gasteiger partial charge in [-0.3, -0.25) is 4.98 Å². The molecular formula is C28H24N2O5S. The van der Waals surface area contributed by atoms with Gasteiger partial charge in [0.05, 0.1) is 0 Å². The first-order valence-corrected chi connectivity index (χ1v) is 12.7. The number of hydrogen-bond donors (Lipinski definition) is 3. The van der Waals surface area contributed by atoms with Crippen molar-refractivity contribution in [2.24, 2.45) is 0 Å². The molecule has 36 heavy (non-hydrogen) atoms. The number of phenols is 1. The Kier molecular flexibility index (Phi) is 6.77. The first-order chi connectivity index (χ1) is 17.5. The maximum atomic E-state index is 12.5. The highest BCUT2D eigenvalue weighted by atomic mass is 32.2. The van der Waals surface area contributed by atoms with Crippen LogP contribution in [-0.4, -0.2) is 45.7 Å². The van der Waals surface area contributed by atoms with E-state index >= 15 is 0 Å². The summed E-state index contributed by atoms with van der Waals surface area (Å²) in [5.74, 6) is -0.481. The molecule has 4 aromatic rings. The van der Waals surface area contributed by atoms with Gasteiger partial charge in [0.25, 0.3) is 0 Å². The molecule has 0 unspecified atom stereocenters. The van der Waals surface area contributed by atoms with Gasteiger partial charge in [0, 0.05) is 29.0 Å². The van der Waals surface area contributed by atoms with Gasteiger partial charge in [-0.1, -0.05) is 60.7 Å². The molecule has 3 aromatic carbocycles. The molecule has 0 aliphatic heterocycles. The number of thioether (sulfide) groups is 1. The number of alkyl carbamates (subject to hydrolysis) is 1. The third-order valence-electron chi connectivity index (χ3n) is 6.31. The van der Waals surface area contributed by atoms with Gasteiger partial charge in [0.2, 0.25) is 0 Å². The Labute approximate surface area is 212 Å². The number of pyridine rings is 1. The summed E-state index contributed by atoms with van der Waals surface area (Å²) in [7, 11) is 0. The fourth-order valence-electron chi connectivity index (χ4n) is 4.59. The molecule has 0 radical (unpaired) electrons.